The first-order valence-electron chi connectivity index (χ1n) is 7.05. The third-order valence-corrected chi connectivity index (χ3v) is 3.64. The zero-order valence-electron chi connectivity index (χ0n) is 12.8. The maximum atomic E-state index is 12.7. The molecule has 2 rings (SSSR count). The van der Waals surface area contributed by atoms with Gasteiger partial charge in [-0.2, -0.15) is 0 Å². The highest BCUT2D eigenvalue weighted by molar-refractivity contribution is 6.00. The van der Waals surface area contributed by atoms with E-state index in [0.717, 1.165) is 5.56 Å². The van der Waals surface area contributed by atoms with Gasteiger partial charge in [0.2, 0.25) is 0 Å². The van der Waals surface area contributed by atoms with Crippen LogP contribution in [0.4, 0.5) is 10.6 Å². The second kappa shape index (κ2) is 5.35. The molecule has 1 aliphatic rings. The van der Waals surface area contributed by atoms with E-state index in [1.165, 1.54) is 4.90 Å². The minimum atomic E-state index is -1.08. The van der Waals surface area contributed by atoms with Crippen molar-refractivity contribution in [2.45, 2.75) is 45.7 Å². The van der Waals surface area contributed by atoms with E-state index in [1.54, 1.807) is 31.9 Å². The van der Waals surface area contributed by atoms with Crippen LogP contribution in [-0.4, -0.2) is 45.1 Å². The zero-order chi connectivity index (χ0) is 15.8. The summed E-state index contributed by atoms with van der Waals surface area (Å²) in [4.78, 5) is 31.4. The van der Waals surface area contributed by atoms with E-state index in [1.807, 2.05) is 19.1 Å². The van der Waals surface area contributed by atoms with E-state index in [4.69, 9.17) is 0 Å². The van der Waals surface area contributed by atoms with E-state index in [9.17, 15) is 14.7 Å². The molecule has 1 aromatic rings. The lowest BCUT2D eigenvalue weighted by atomic mass is 9.94. The standard InChI is InChI=1S/C15H21N3O3/c1-5-17-12-10(7-6-8-16-12)9-11(13(17)19)18(14(20)21)15(2,3)4/h6-8,11H,5,9H2,1-4H3,(H,20,21). The Bertz CT molecular complexity index is 566. The maximum absolute atomic E-state index is 12.7. The fourth-order valence-corrected chi connectivity index (χ4v) is 2.81. The third-order valence-electron chi connectivity index (χ3n) is 3.64. The molecule has 0 bridgehead atoms. The Kier molecular flexibility index (Phi) is 3.89. The number of pyridine rings is 1. The lowest BCUT2D eigenvalue weighted by molar-refractivity contribution is -0.125. The number of amides is 2. The number of carboxylic acid groups (broad SMARTS) is 1. The summed E-state index contributed by atoms with van der Waals surface area (Å²) in [5.41, 5.74) is 0.255. The molecule has 1 aliphatic heterocycles. The number of carbonyl (C=O) groups is 2. The Morgan fingerprint density at radius 1 is 1.52 bits per heavy atom. The largest absolute Gasteiger partial charge is 0.465 e. The molecule has 0 spiro atoms. The van der Waals surface area contributed by atoms with Crippen molar-refractivity contribution in [3.8, 4) is 0 Å². The van der Waals surface area contributed by atoms with Crippen molar-refractivity contribution in [1.82, 2.24) is 9.88 Å². The van der Waals surface area contributed by atoms with E-state index in [0.29, 0.717) is 18.8 Å². The number of rotatable bonds is 2. The van der Waals surface area contributed by atoms with Crippen molar-refractivity contribution in [3.63, 3.8) is 0 Å². The predicted octanol–water partition coefficient (Wildman–Crippen LogP) is 2.14. The summed E-state index contributed by atoms with van der Waals surface area (Å²) in [7, 11) is 0. The number of fused-ring (bicyclic) bond motifs is 1. The number of anilines is 1. The first kappa shape index (κ1) is 15.3. The molecule has 6 heteroatoms. The highest BCUT2D eigenvalue weighted by Crippen LogP contribution is 2.30. The van der Waals surface area contributed by atoms with Crippen LogP contribution >= 0.6 is 0 Å². The van der Waals surface area contributed by atoms with Crippen molar-refractivity contribution < 1.29 is 14.7 Å². The molecule has 0 fully saturated rings. The van der Waals surface area contributed by atoms with E-state index in [2.05, 4.69) is 4.98 Å². The number of hydrogen-bond donors (Lipinski definition) is 1. The molecule has 1 N–H and O–H groups in total. The molecule has 6 nitrogen and oxygen atoms in total. The van der Waals surface area contributed by atoms with Crippen molar-refractivity contribution in [2.75, 3.05) is 11.4 Å². The Hall–Kier alpha value is -2.11. The van der Waals surface area contributed by atoms with Gasteiger partial charge in [0.1, 0.15) is 11.9 Å². The van der Waals surface area contributed by atoms with E-state index in [-0.39, 0.29) is 5.91 Å². The normalized spacial score (nSPS) is 18.4. The van der Waals surface area contributed by atoms with Gasteiger partial charge in [-0.05, 0) is 39.3 Å². The number of nitrogens with zero attached hydrogens (tertiary/aromatic N) is 3. The summed E-state index contributed by atoms with van der Waals surface area (Å²) in [6.07, 6.45) is 0.930. The van der Waals surface area contributed by atoms with Crippen molar-refractivity contribution in [1.29, 1.82) is 0 Å². The number of carbonyl (C=O) groups excluding carboxylic acids is 1. The van der Waals surface area contributed by atoms with Crippen LogP contribution < -0.4 is 4.90 Å². The van der Waals surface area contributed by atoms with Crippen LogP contribution in [0.25, 0.3) is 0 Å². The summed E-state index contributed by atoms with van der Waals surface area (Å²) >= 11 is 0. The molecule has 1 aromatic heterocycles. The second-order valence-corrected chi connectivity index (χ2v) is 6.11. The molecule has 0 aliphatic carbocycles. The van der Waals surface area contributed by atoms with Gasteiger partial charge in [-0.15, -0.1) is 0 Å². The van der Waals surface area contributed by atoms with Crippen LogP contribution in [0.15, 0.2) is 18.3 Å². The molecule has 114 valence electrons. The maximum Gasteiger partial charge on any atom is 0.408 e. The van der Waals surface area contributed by atoms with Crippen LogP contribution in [0, 0.1) is 0 Å². The molecule has 0 aromatic carbocycles. The average molecular weight is 291 g/mol. The fraction of sp³-hybridized carbons (Fsp3) is 0.533. The molecule has 0 saturated carbocycles. The summed E-state index contributed by atoms with van der Waals surface area (Å²) in [5, 5.41) is 9.53. The average Bonchev–Trinajstić information content (AvgIpc) is 2.37. The first-order chi connectivity index (χ1) is 9.77. The lowest BCUT2D eigenvalue weighted by Gasteiger charge is -2.43. The van der Waals surface area contributed by atoms with Crippen LogP contribution in [-0.2, 0) is 11.2 Å². The molecular weight excluding hydrogens is 270 g/mol. The topological polar surface area (TPSA) is 73.7 Å². The summed E-state index contributed by atoms with van der Waals surface area (Å²) in [6, 6.07) is 2.99. The van der Waals surface area contributed by atoms with Gasteiger partial charge in [0.25, 0.3) is 5.91 Å². The highest BCUT2D eigenvalue weighted by atomic mass is 16.4. The van der Waals surface area contributed by atoms with Gasteiger partial charge < -0.3 is 5.11 Å². The fourth-order valence-electron chi connectivity index (χ4n) is 2.81. The van der Waals surface area contributed by atoms with Gasteiger partial charge in [0.05, 0.1) is 0 Å². The Morgan fingerprint density at radius 3 is 2.71 bits per heavy atom. The van der Waals surface area contributed by atoms with Crippen molar-refractivity contribution >= 4 is 17.8 Å². The molecule has 1 atom stereocenters. The van der Waals surface area contributed by atoms with Crippen molar-refractivity contribution in [3.05, 3.63) is 23.9 Å². The van der Waals surface area contributed by atoms with Crippen LogP contribution in [0.2, 0.25) is 0 Å². The van der Waals surface area contributed by atoms with Gasteiger partial charge >= 0.3 is 6.09 Å². The molecule has 0 saturated heterocycles. The summed E-state index contributed by atoms with van der Waals surface area (Å²) in [6.45, 7) is 7.72. The summed E-state index contributed by atoms with van der Waals surface area (Å²) in [5.74, 6) is 0.432. The van der Waals surface area contributed by atoms with E-state index < -0.39 is 17.7 Å². The van der Waals surface area contributed by atoms with Crippen LogP contribution in [0.3, 0.4) is 0 Å². The summed E-state index contributed by atoms with van der Waals surface area (Å²) < 4.78 is 0. The monoisotopic (exact) mass is 291 g/mol. The third kappa shape index (κ3) is 2.70. The number of hydrogen-bond acceptors (Lipinski definition) is 3. The molecule has 1 unspecified atom stereocenters. The molecule has 2 heterocycles. The van der Waals surface area contributed by atoms with E-state index >= 15 is 0 Å². The quantitative estimate of drug-likeness (QED) is 0.906. The van der Waals surface area contributed by atoms with Gasteiger partial charge in [-0.1, -0.05) is 6.07 Å². The Morgan fingerprint density at radius 2 is 2.19 bits per heavy atom. The number of likely N-dealkylation sites (N-methyl/N-ethyl adjacent to an activating group) is 1. The first-order valence-corrected chi connectivity index (χ1v) is 7.05. The predicted molar refractivity (Wildman–Crippen MR) is 79.4 cm³/mol. The Balaban J connectivity index is 2.47. The lowest BCUT2D eigenvalue weighted by Crippen LogP contribution is -2.60. The van der Waals surface area contributed by atoms with Crippen LogP contribution in [0.5, 0.6) is 0 Å². The smallest absolute Gasteiger partial charge is 0.408 e. The van der Waals surface area contributed by atoms with Gasteiger partial charge in [-0.3, -0.25) is 14.6 Å². The minimum Gasteiger partial charge on any atom is -0.465 e. The van der Waals surface area contributed by atoms with Crippen molar-refractivity contribution in [2.24, 2.45) is 0 Å². The Labute approximate surface area is 124 Å². The second-order valence-electron chi connectivity index (χ2n) is 6.11. The van der Waals surface area contributed by atoms with Crippen LogP contribution in [0.1, 0.15) is 33.3 Å². The van der Waals surface area contributed by atoms with Gasteiger partial charge in [0, 0.05) is 24.7 Å². The minimum absolute atomic E-state index is 0.207. The SMILES string of the molecule is CCN1C(=O)C(N(C(=O)O)C(C)(C)C)Cc2cccnc21. The van der Waals surface area contributed by atoms with Gasteiger partial charge in [-0.25, -0.2) is 9.78 Å². The molecular formula is C15H21N3O3. The highest BCUT2D eigenvalue weighted by Gasteiger charge is 2.42. The zero-order valence-corrected chi connectivity index (χ0v) is 12.8. The number of aromatic nitrogens is 1. The van der Waals surface area contributed by atoms with Gasteiger partial charge in [0.15, 0.2) is 0 Å². The molecule has 0 radical (unpaired) electrons. The molecule has 21 heavy (non-hydrogen) atoms. The molecule has 2 amide bonds.